The van der Waals surface area contributed by atoms with Crippen LogP contribution in [-0.2, 0) is 4.79 Å². The van der Waals surface area contributed by atoms with Crippen LogP contribution in [0.15, 0.2) is 0 Å². The first-order valence-electron chi connectivity index (χ1n) is 8.45. The van der Waals surface area contributed by atoms with E-state index in [-0.39, 0.29) is 12.4 Å². The monoisotopic (exact) mass is 317 g/mol. The van der Waals surface area contributed by atoms with Crippen LogP contribution in [0.1, 0.15) is 46.0 Å². The van der Waals surface area contributed by atoms with E-state index in [4.69, 9.17) is 0 Å². The normalized spacial score (nSPS) is 27.2. The summed E-state index contributed by atoms with van der Waals surface area (Å²) >= 11 is 0. The van der Waals surface area contributed by atoms with Crippen LogP contribution in [0.3, 0.4) is 0 Å². The molecule has 1 N–H and O–H groups in total. The van der Waals surface area contributed by atoms with Crippen LogP contribution >= 0.6 is 12.4 Å². The van der Waals surface area contributed by atoms with Gasteiger partial charge in [-0.05, 0) is 31.7 Å². The average Bonchev–Trinajstić information content (AvgIpc) is 2.48. The standard InChI is InChI=1S/C16H31N3O.ClH/c1-3-5-15-14(2)6-4-10-18(15)11-7-16(20)19-12-8-17-9-13-19;/h14-15,17H,3-13H2,1-2H3;1H. The van der Waals surface area contributed by atoms with Gasteiger partial charge in [0.2, 0.25) is 5.91 Å². The molecule has 2 aliphatic heterocycles. The summed E-state index contributed by atoms with van der Waals surface area (Å²) in [5.41, 5.74) is 0. The first-order chi connectivity index (χ1) is 9.72. The van der Waals surface area contributed by atoms with Gasteiger partial charge < -0.3 is 10.2 Å². The number of amides is 1. The summed E-state index contributed by atoms with van der Waals surface area (Å²) in [4.78, 5) is 16.9. The lowest BCUT2D eigenvalue weighted by Gasteiger charge is -2.40. The van der Waals surface area contributed by atoms with Gasteiger partial charge in [-0.1, -0.05) is 20.3 Å². The third-order valence-corrected chi connectivity index (χ3v) is 4.90. The fourth-order valence-corrected chi connectivity index (χ4v) is 3.69. The minimum absolute atomic E-state index is 0. The van der Waals surface area contributed by atoms with Gasteiger partial charge in [0.25, 0.3) is 0 Å². The minimum Gasteiger partial charge on any atom is -0.340 e. The van der Waals surface area contributed by atoms with E-state index in [1.54, 1.807) is 0 Å². The van der Waals surface area contributed by atoms with Gasteiger partial charge in [-0.25, -0.2) is 0 Å². The zero-order valence-electron chi connectivity index (χ0n) is 13.6. The van der Waals surface area contributed by atoms with Gasteiger partial charge in [0, 0.05) is 45.2 Å². The fraction of sp³-hybridized carbons (Fsp3) is 0.938. The van der Waals surface area contributed by atoms with Crippen LogP contribution in [-0.4, -0.2) is 61.0 Å². The Balaban J connectivity index is 0.00000220. The molecule has 4 nitrogen and oxygen atoms in total. The van der Waals surface area contributed by atoms with E-state index >= 15 is 0 Å². The number of likely N-dealkylation sites (tertiary alicyclic amines) is 1. The van der Waals surface area contributed by atoms with E-state index in [1.165, 1.54) is 32.2 Å². The summed E-state index contributed by atoms with van der Waals surface area (Å²) in [6, 6.07) is 0.699. The molecule has 1 amide bonds. The maximum atomic E-state index is 12.3. The van der Waals surface area contributed by atoms with Crippen molar-refractivity contribution in [1.82, 2.24) is 15.1 Å². The second-order valence-corrected chi connectivity index (χ2v) is 6.39. The Kier molecular flexibility index (Phi) is 8.60. The molecule has 2 saturated heterocycles. The molecule has 2 fully saturated rings. The molecule has 0 aromatic rings. The number of nitrogens with one attached hydrogen (secondary N) is 1. The Morgan fingerprint density at radius 2 is 1.95 bits per heavy atom. The minimum atomic E-state index is 0. The lowest BCUT2D eigenvalue weighted by molar-refractivity contribution is -0.132. The Morgan fingerprint density at radius 1 is 1.24 bits per heavy atom. The van der Waals surface area contributed by atoms with Crippen molar-refractivity contribution in [3.63, 3.8) is 0 Å². The van der Waals surface area contributed by atoms with E-state index in [2.05, 4.69) is 24.1 Å². The van der Waals surface area contributed by atoms with Crippen molar-refractivity contribution in [2.24, 2.45) is 5.92 Å². The quantitative estimate of drug-likeness (QED) is 0.844. The van der Waals surface area contributed by atoms with Crippen molar-refractivity contribution in [1.29, 1.82) is 0 Å². The molecule has 5 heteroatoms. The highest BCUT2D eigenvalue weighted by atomic mass is 35.5. The third-order valence-electron chi connectivity index (χ3n) is 4.90. The van der Waals surface area contributed by atoms with Crippen LogP contribution in [0.4, 0.5) is 0 Å². The molecule has 2 unspecified atom stereocenters. The Bertz CT molecular complexity index is 308. The van der Waals surface area contributed by atoms with Gasteiger partial charge in [-0.15, -0.1) is 12.4 Å². The van der Waals surface area contributed by atoms with Crippen LogP contribution in [0.2, 0.25) is 0 Å². The predicted octanol–water partition coefficient (Wildman–Crippen LogP) is 2.13. The number of hydrogen-bond donors (Lipinski definition) is 1. The average molecular weight is 318 g/mol. The van der Waals surface area contributed by atoms with E-state index in [1.807, 2.05) is 4.90 Å². The van der Waals surface area contributed by atoms with Crippen LogP contribution in [0.5, 0.6) is 0 Å². The molecule has 21 heavy (non-hydrogen) atoms. The zero-order valence-corrected chi connectivity index (χ0v) is 14.5. The summed E-state index contributed by atoms with van der Waals surface area (Å²) in [7, 11) is 0. The molecule has 2 atom stereocenters. The van der Waals surface area contributed by atoms with Gasteiger partial charge in [0.05, 0.1) is 0 Å². The maximum Gasteiger partial charge on any atom is 0.223 e. The summed E-state index contributed by atoms with van der Waals surface area (Å²) in [6.45, 7) is 10.5. The highest BCUT2D eigenvalue weighted by Crippen LogP contribution is 2.26. The smallest absolute Gasteiger partial charge is 0.223 e. The summed E-state index contributed by atoms with van der Waals surface area (Å²) in [5, 5.41) is 3.30. The lowest BCUT2D eigenvalue weighted by Crippen LogP contribution is -2.49. The van der Waals surface area contributed by atoms with Crippen molar-refractivity contribution >= 4 is 18.3 Å². The number of piperidine rings is 1. The third kappa shape index (κ3) is 5.42. The number of nitrogens with zero attached hydrogens (tertiary/aromatic N) is 2. The van der Waals surface area contributed by atoms with Crippen molar-refractivity contribution in [3.8, 4) is 0 Å². The molecular weight excluding hydrogens is 286 g/mol. The second-order valence-electron chi connectivity index (χ2n) is 6.39. The summed E-state index contributed by atoms with van der Waals surface area (Å²) in [5.74, 6) is 1.14. The Labute approximate surface area is 136 Å². The molecule has 0 aliphatic carbocycles. The van der Waals surface area contributed by atoms with Crippen molar-refractivity contribution < 1.29 is 4.79 Å². The van der Waals surface area contributed by atoms with E-state index in [9.17, 15) is 4.79 Å². The number of hydrogen-bond acceptors (Lipinski definition) is 3. The van der Waals surface area contributed by atoms with Gasteiger partial charge in [-0.3, -0.25) is 9.69 Å². The van der Waals surface area contributed by atoms with Crippen LogP contribution in [0.25, 0.3) is 0 Å². The van der Waals surface area contributed by atoms with Gasteiger partial charge >= 0.3 is 0 Å². The highest BCUT2D eigenvalue weighted by Gasteiger charge is 2.28. The number of carbonyl (C=O) groups is 1. The molecule has 0 saturated carbocycles. The van der Waals surface area contributed by atoms with Gasteiger partial charge in [-0.2, -0.15) is 0 Å². The number of rotatable bonds is 5. The summed E-state index contributed by atoms with van der Waals surface area (Å²) < 4.78 is 0. The highest BCUT2D eigenvalue weighted by molar-refractivity contribution is 5.85. The largest absolute Gasteiger partial charge is 0.340 e. The predicted molar refractivity (Wildman–Crippen MR) is 90.0 cm³/mol. The van der Waals surface area contributed by atoms with Crippen LogP contribution in [0, 0.1) is 5.92 Å². The number of piperazine rings is 1. The first kappa shape index (κ1) is 18.7. The molecule has 0 bridgehead atoms. The van der Waals surface area contributed by atoms with E-state index in [0.717, 1.165) is 38.6 Å². The Morgan fingerprint density at radius 3 is 2.62 bits per heavy atom. The molecule has 2 aliphatic rings. The molecule has 0 radical (unpaired) electrons. The topological polar surface area (TPSA) is 35.6 Å². The number of carbonyl (C=O) groups excluding carboxylic acids is 1. The molecule has 0 spiro atoms. The molecule has 2 rings (SSSR count). The SMILES string of the molecule is CCCC1C(C)CCCN1CCC(=O)N1CCNCC1.Cl. The first-order valence-corrected chi connectivity index (χ1v) is 8.45. The van der Waals surface area contributed by atoms with Crippen molar-refractivity contribution in [2.75, 3.05) is 39.3 Å². The van der Waals surface area contributed by atoms with Crippen molar-refractivity contribution in [2.45, 2.75) is 52.0 Å². The zero-order chi connectivity index (χ0) is 14.4. The van der Waals surface area contributed by atoms with Gasteiger partial charge in [0.1, 0.15) is 0 Å². The lowest BCUT2D eigenvalue weighted by atomic mass is 9.88. The van der Waals surface area contributed by atoms with E-state index < -0.39 is 0 Å². The van der Waals surface area contributed by atoms with E-state index in [0.29, 0.717) is 18.4 Å². The maximum absolute atomic E-state index is 12.3. The molecule has 124 valence electrons. The Hall–Kier alpha value is -0.320. The molecule has 0 aromatic heterocycles. The fourth-order valence-electron chi connectivity index (χ4n) is 3.69. The summed E-state index contributed by atoms with van der Waals surface area (Å²) in [6.07, 6.45) is 5.88. The van der Waals surface area contributed by atoms with Crippen molar-refractivity contribution in [3.05, 3.63) is 0 Å². The van der Waals surface area contributed by atoms with Gasteiger partial charge in [0.15, 0.2) is 0 Å². The molecule has 2 heterocycles. The molecule has 0 aromatic carbocycles. The van der Waals surface area contributed by atoms with Crippen LogP contribution < -0.4 is 5.32 Å². The number of halogens is 1. The second kappa shape index (κ2) is 9.65. The molecular formula is C16H32ClN3O.